The fraction of sp³-hybridized carbons (Fsp3) is 0. The zero-order chi connectivity index (χ0) is 33.8. The van der Waals surface area contributed by atoms with Gasteiger partial charge in [-0.1, -0.05) is 115 Å². The molecule has 0 bridgehead atoms. The first-order chi connectivity index (χ1) is 24.6. The second-order valence-corrected chi connectivity index (χ2v) is 15.4. The summed E-state index contributed by atoms with van der Waals surface area (Å²) in [6.07, 6.45) is 0. The van der Waals surface area contributed by atoms with Gasteiger partial charge in [-0.05, 0) is 115 Å². The highest BCUT2D eigenvalue weighted by Crippen LogP contribution is 2.57. The highest BCUT2D eigenvalue weighted by Gasteiger charge is 2.32. The molecule has 1 aliphatic carbocycles. The lowest BCUT2D eigenvalue weighted by Crippen LogP contribution is -2.25. The minimum Gasteiger partial charge on any atom is -0.309 e. The number of rotatable bonds is 5. The SMILES string of the molecule is N#Cc1ccc(P(=O)(c2ccc(C#N)cc2)c2ccc(-c3c4c(c(-c5ccccc5)c5ccccc35)-c3cccc5cccc-4c35)cc2)cc1. The standard InChI is InChI=1S/C46H27N2OP/c47-28-30-16-22-35(23-17-30)50(49,36-24-18-31(29-48)19-25-36)37-26-20-34(21-27-37)44-39-13-5-4-12-38(39)43(33-8-2-1-3-9-33)45-40-14-6-10-32-11-7-15-41(42(32)40)46(44)45/h1-27H. The van der Waals surface area contributed by atoms with Crippen LogP contribution in [0.25, 0.3) is 66.1 Å². The first-order valence-electron chi connectivity index (χ1n) is 16.5. The molecule has 3 nitrogen and oxygen atoms in total. The van der Waals surface area contributed by atoms with Crippen molar-refractivity contribution < 1.29 is 4.57 Å². The van der Waals surface area contributed by atoms with E-state index in [1.54, 1.807) is 48.5 Å². The van der Waals surface area contributed by atoms with Crippen LogP contribution in [-0.4, -0.2) is 0 Å². The Morgan fingerprint density at radius 3 is 1.28 bits per heavy atom. The van der Waals surface area contributed by atoms with Crippen LogP contribution in [0, 0.1) is 22.7 Å². The van der Waals surface area contributed by atoms with E-state index in [-0.39, 0.29) is 0 Å². The fourth-order valence-electron chi connectivity index (χ4n) is 7.72. The van der Waals surface area contributed by atoms with Gasteiger partial charge >= 0.3 is 0 Å². The Kier molecular flexibility index (Phi) is 6.86. The highest BCUT2D eigenvalue weighted by molar-refractivity contribution is 7.85. The minimum atomic E-state index is -3.36. The Labute approximate surface area is 290 Å². The molecule has 50 heavy (non-hydrogen) atoms. The van der Waals surface area contributed by atoms with E-state index in [4.69, 9.17) is 0 Å². The summed E-state index contributed by atoms with van der Waals surface area (Å²) in [4.78, 5) is 0. The predicted octanol–water partition coefficient (Wildman–Crippen LogP) is 10.4. The van der Waals surface area contributed by atoms with Gasteiger partial charge in [-0.15, -0.1) is 0 Å². The van der Waals surface area contributed by atoms with E-state index in [2.05, 4.69) is 115 Å². The largest absolute Gasteiger partial charge is 0.309 e. The van der Waals surface area contributed by atoms with Crippen molar-refractivity contribution in [1.82, 2.24) is 0 Å². The lowest BCUT2D eigenvalue weighted by Gasteiger charge is -2.22. The zero-order valence-corrected chi connectivity index (χ0v) is 27.7. The van der Waals surface area contributed by atoms with Gasteiger partial charge < -0.3 is 4.57 Å². The van der Waals surface area contributed by atoms with Gasteiger partial charge in [0.1, 0.15) is 0 Å². The molecule has 8 aromatic rings. The molecule has 0 saturated heterocycles. The molecule has 4 heteroatoms. The Morgan fingerprint density at radius 1 is 0.400 bits per heavy atom. The van der Waals surface area contributed by atoms with Crippen LogP contribution in [0.3, 0.4) is 0 Å². The van der Waals surface area contributed by atoms with Gasteiger partial charge in [0.05, 0.1) is 23.3 Å². The average molecular weight is 655 g/mol. The van der Waals surface area contributed by atoms with Crippen LogP contribution in [0.1, 0.15) is 11.1 Å². The van der Waals surface area contributed by atoms with Gasteiger partial charge in [0.15, 0.2) is 7.14 Å². The summed E-state index contributed by atoms with van der Waals surface area (Å²) in [5.41, 5.74) is 10.5. The third kappa shape index (κ3) is 4.39. The molecule has 0 saturated carbocycles. The van der Waals surface area contributed by atoms with Crippen molar-refractivity contribution in [1.29, 1.82) is 10.5 Å². The van der Waals surface area contributed by atoms with Crippen LogP contribution in [0.2, 0.25) is 0 Å². The summed E-state index contributed by atoms with van der Waals surface area (Å²) >= 11 is 0. The molecule has 0 aromatic heterocycles. The van der Waals surface area contributed by atoms with Crippen molar-refractivity contribution in [2.45, 2.75) is 0 Å². The molecule has 8 aromatic carbocycles. The summed E-state index contributed by atoms with van der Waals surface area (Å²) in [6.45, 7) is 0. The summed E-state index contributed by atoms with van der Waals surface area (Å²) in [5.74, 6) is 0. The topological polar surface area (TPSA) is 64.7 Å². The minimum absolute atomic E-state index is 0.506. The van der Waals surface area contributed by atoms with Crippen molar-refractivity contribution in [3.8, 4) is 56.6 Å². The quantitative estimate of drug-likeness (QED) is 0.174. The molecule has 9 rings (SSSR count). The summed E-state index contributed by atoms with van der Waals surface area (Å²) in [7, 11) is -3.36. The number of fused-ring (bicyclic) bond motifs is 4. The maximum Gasteiger partial charge on any atom is 0.171 e. The lowest BCUT2D eigenvalue weighted by molar-refractivity contribution is 0.592. The number of hydrogen-bond donors (Lipinski definition) is 0. The molecule has 0 unspecified atom stereocenters. The van der Waals surface area contributed by atoms with Crippen LogP contribution in [0.5, 0.6) is 0 Å². The average Bonchev–Trinajstić information content (AvgIpc) is 3.52. The molecular weight excluding hydrogens is 627 g/mol. The third-order valence-corrected chi connectivity index (χ3v) is 13.0. The van der Waals surface area contributed by atoms with Gasteiger partial charge in [0, 0.05) is 15.9 Å². The van der Waals surface area contributed by atoms with Gasteiger partial charge in [0.25, 0.3) is 0 Å². The van der Waals surface area contributed by atoms with Crippen molar-refractivity contribution in [2.24, 2.45) is 0 Å². The van der Waals surface area contributed by atoms with E-state index >= 15 is 4.57 Å². The van der Waals surface area contributed by atoms with Crippen molar-refractivity contribution in [3.63, 3.8) is 0 Å². The fourth-order valence-corrected chi connectivity index (χ4v) is 10.3. The van der Waals surface area contributed by atoms with Gasteiger partial charge in [-0.25, -0.2) is 0 Å². The van der Waals surface area contributed by atoms with Crippen LogP contribution in [0.15, 0.2) is 164 Å². The van der Waals surface area contributed by atoms with E-state index in [0.29, 0.717) is 27.0 Å². The summed E-state index contributed by atoms with van der Waals surface area (Å²) in [6, 6.07) is 59.0. The second-order valence-electron chi connectivity index (χ2n) is 12.6. The molecule has 232 valence electrons. The number of nitriles is 2. The van der Waals surface area contributed by atoms with Gasteiger partial charge in [0.2, 0.25) is 0 Å². The van der Waals surface area contributed by atoms with Crippen molar-refractivity contribution in [3.05, 3.63) is 175 Å². The Bertz CT molecular complexity index is 2700. The molecule has 0 N–H and O–H groups in total. The van der Waals surface area contributed by atoms with Crippen molar-refractivity contribution in [2.75, 3.05) is 0 Å². The molecule has 0 spiro atoms. The van der Waals surface area contributed by atoms with Crippen LogP contribution >= 0.6 is 7.14 Å². The van der Waals surface area contributed by atoms with E-state index < -0.39 is 7.14 Å². The van der Waals surface area contributed by atoms with Crippen molar-refractivity contribution >= 4 is 44.6 Å². The summed E-state index contributed by atoms with van der Waals surface area (Å²) in [5, 5.41) is 25.7. The smallest absolute Gasteiger partial charge is 0.171 e. The third-order valence-electron chi connectivity index (χ3n) is 9.96. The number of nitrogens with zero attached hydrogens (tertiary/aromatic N) is 2. The first-order valence-corrected chi connectivity index (χ1v) is 18.2. The molecule has 1 aliphatic rings. The van der Waals surface area contributed by atoms with Gasteiger partial charge in [-0.2, -0.15) is 10.5 Å². The molecule has 0 aliphatic heterocycles. The van der Waals surface area contributed by atoms with Crippen LogP contribution in [-0.2, 0) is 4.57 Å². The van der Waals surface area contributed by atoms with Gasteiger partial charge in [-0.3, -0.25) is 0 Å². The first kappa shape index (κ1) is 29.6. The monoisotopic (exact) mass is 654 g/mol. The lowest BCUT2D eigenvalue weighted by atomic mass is 9.82. The second kappa shape index (κ2) is 11.6. The maximum absolute atomic E-state index is 15.4. The van der Waals surface area contributed by atoms with E-state index in [0.717, 1.165) is 16.5 Å². The molecule has 0 heterocycles. The summed E-state index contributed by atoms with van der Waals surface area (Å²) < 4.78 is 15.4. The zero-order valence-electron chi connectivity index (χ0n) is 26.8. The Hall–Kier alpha value is -6.51. The van der Waals surface area contributed by atoms with Crippen LogP contribution in [0.4, 0.5) is 0 Å². The number of benzene rings is 8. The predicted molar refractivity (Wildman–Crippen MR) is 206 cm³/mol. The number of hydrogen-bond acceptors (Lipinski definition) is 3. The molecule has 0 atom stereocenters. The Morgan fingerprint density at radius 2 is 0.820 bits per heavy atom. The molecule has 0 radical (unpaired) electrons. The molecular formula is C46H27N2OP. The highest BCUT2D eigenvalue weighted by atomic mass is 31.2. The molecule has 0 amide bonds. The Balaban J connectivity index is 1.31. The molecule has 0 fully saturated rings. The van der Waals surface area contributed by atoms with E-state index in [1.165, 1.54) is 49.5 Å². The maximum atomic E-state index is 15.4. The van der Waals surface area contributed by atoms with E-state index in [9.17, 15) is 10.5 Å². The van der Waals surface area contributed by atoms with Crippen LogP contribution < -0.4 is 15.9 Å². The normalized spacial score (nSPS) is 11.6. The van der Waals surface area contributed by atoms with E-state index in [1.807, 2.05) is 12.1 Å².